The van der Waals surface area contributed by atoms with E-state index in [1.54, 1.807) is 25.3 Å². The van der Waals surface area contributed by atoms with Gasteiger partial charge in [0, 0.05) is 11.3 Å². The molecule has 0 aliphatic heterocycles. The van der Waals surface area contributed by atoms with Gasteiger partial charge in [0.2, 0.25) is 0 Å². The minimum Gasteiger partial charge on any atom is -0.497 e. The lowest BCUT2D eigenvalue weighted by molar-refractivity contribution is 0.414. The van der Waals surface area contributed by atoms with Gasteiger partial charge in [0.15, 0.2) is 5.82 Å². The maximum absolute atomic E-state index is 13.1. The molecule has 0 bridgehead atoms. The lowest BCUT2D eigenvalue weighted by atomic mass is 10.1. The number of ether oxygens (including phenoxy) is 1. The molecule has 3 rings (SSSR count). The van der Waals surface area contributed by atoms with E-state index in [4.69, 9.17) is 10.5 Å². The molecule has 2 N–H and O–H groups in total. The first-order valence-electron chi connectivity index (χ1n) is 6.17. The van der Waals surface area contributed by atoms with E-state index in [2.05, 4.69) is 15.5 Å². The summed E-state index contributed by atoms with van der Waals surface area (Å²) in [5, 5.41) is 11.6. The number of aromatic nitrogens is 4. The van der Waals surface area contributed by atoms with Crippen molar-refractivity contribution in [3.8, 4) is 22.8 Å². The van der Waals surface area contributed by atoms with Crippen LogP contribution in [0.4, 0.5) is 10.1 Å². The van der Waals surface area contributed by atoms with Gasteiger partial charge in [-0.3, -0.25) is 0 Å². The van der Waals surface area contributed by atoms with Gasteiger partial charge in [0.1, 0.15) is 11.6 Å². The molecule has 0 amide bonds. The number of tetrazole rings is 1. The zero-order valence-electron chi connectivity index (χ0n) is 11.2. The van der Waals surface area contributed by atoms with Crippen LogP contribution in [0.15, 0.2) is 42.5 Å². The molecule has 7 heteroatoms. The van der Waals surface area contributed by atoms with E-state index in [1.807, 2.05) is 12.1 Å². The van der Waals surface area contributed by atoms with Crippen LogP contribution in [-0.4, -0.2) is 27.3 Å². The Labute approximate surface area is 120 Å². The fourth-order valence-corrected chi connectivity index (χ4v) is 1.99. The number of benzene rings is 2. The summed E-state index contributed by atoms with van der Waals surface area (Å²) in [5.41, 5.74) is 7.43. The molecule has 0 atom stereocenters. The SMILES string of the molecule is COc1ccc(-n2nnnc2-c2ccc(F)cc2N)cc1. The maximum atomic E-state index is 13.1. The summed E-state index contributed by atoms with van der Waals surface area (Å²) in [4.78, 5) is 0. The van der Waals surface area contributed by atoms with Gasteiger partial charge in [-0.2, -0.15) is 4.68 Å². The van der Waals surface area contributed by atoms with Gasteiger partial charge in [-0.25, -0.2) is 4.39 Å². The Hall–Kier alpha value is -2.96. The average Bonchev–Trinajstić information content (AvgIpc) is 2.96. The molecule has 0 aliphatic rings. The number of anilines is 1. The second kappa shape index (κ2) is 5.20. The van der Waals surface area contributed by atoms with Crippen LogP contribution in [0.3, 0.4) is 0 Å². The summed E-state index contributed by atoms with van der Waals surface area (Å²) in [6.45, 7) is 0. The Balaban J connectivity index is 2.07. The molecule has 0 saturated carbocycles. The van der Waals surface area contributed by atoms with E-state index < -0.39 is 5.82 Å². The molecule has 1 aromatic heterocycles. The predicted molar refractivity (Wildman–Crippen MR) is 75.5 cm³/mol. The molecule has 0 saturated heterocycles. The molecule has 2 aromatic carbocycles. The number of hydrogen-bond donors (Lipinski definition) is 1. The number of nitrogen functional groups attached to an aromatic ring is 1. The first kappa shape index (κ1) is 13.0. The van der Waals surface area contributed by atoms with E-state index in [9.17, 15) is 4.39 Å². The van der Waals surface area contributed by atoms with Crippen LogP contribution in [-0.2, 0) is 0 Å². The Morgan fingerprint density at radius 1 is 1.14 bits per heavy atom. The van der Waals surface area contributed by atoms with Crippen LogP contribution >= 0.6 is 0 Å². The fraction of sp³-hybridized carbons (Fsp3) is 0.0714. The first-order chi connectivity index (χ1) is 10.2. The number of nitrogens with two attached hydrogens (primary N) is 1. The molecule has 106 valence electrons. The molecule has 0 unspecified atom stereocenters. The quantitative estimate of drug-likeness (QED) is 0.745. The van der Waals surface area contributed by atoms with Crippen LogP contribution in [0, 0.1) is 5.82 Å². The van der Waals surface area contributed by atoms with Crippen molar-refractivity contribution in [2.75, 3.05) is 12.8 Å². The second-order valence-corrected chi connectivity index (χ2v) is 4.34. The minimum atomic E-state index is -0.403. The van der Waals surface area contributed by atoms with E-state index >= 15 is 0 Å². The monoisotopic (exact) mass is 285 g/mol. The standard InChI is InChI=1S/C14H12FN5O/c1-21-11-5-3-10(4-6-11)20-14(17-18-19-20)12-7-2-9(15)8-13(12)16/h2-8H,16H2,1H3. The zero-order valence-corrected chi connectivity index (χ0v) is 11.2. The third kappa shape index (κ3) is 2.40. The highest BCUT2D eigenvalue weighted by Gasteiger charge is 2.14. The number of halogens is 1. The third-order valence-electron chi connectivity index (χ3n) is 3.04. The lowest BCUT2D eigenvalue weighted by Crippen LogP contribution is -2.02. The van der Waals surface area contributed by atoms with Crippen molar-refractivity contribution in [3.63, 3.8) is 0 Å². The molecule has 3 aromatic rings. The largest absolute Gasteiger partial charge is 0.497 e. The lowest BCUT2D eigenvalue weighted by Gasteiger charge is -2.07. The molecule has 0 radical (unpaired) electrons. The van der Waals surface area contributed by atoms with Crippen molar-refractivity contribution in [2.24, 2.45) is 0 Å². The highest BCUT2D eigenvalue weighted by Crippen LogP contribution is 2.26. The number of hydrogen-bond acceptors (Lipinski definition) is 5. The van der Waals surface area contributed by atoms with Crippen LogP contribution in [0.25, 0.3) is 17.1 Å². The van der Waals surface area contributed by atoms with Crippen molar-refractivity contribution in [1.82, 2.24) is 20.2 Å². The number of methoxy groups -OCH3 is 1. The summed E-state index contributed by atoms with van der Waals surface area (Å²) < 4.78 is 19.8. The van der Waals surface area contributed by atoms with Crippen molar-refractivity contribution in [3.05, 3.63) is 48.3 Å². The molecule has 6 nitrogen and oxygen atoms in total. The number of nitrogens with zero attached hydrogens (tertiary/aromatic N) is 4. The van der Waals surface area contributed by atoms with Gasteiger partial charge in [-0.05, 0) is 52.9 Å². The maximum Gasteiger partial charge on any atom is 0.189 e. The Morgan fingerprint density at radius 3 is 2.57 bits per heavy atom. The number of rotatable bonds is 3. The van der Waals surface area contributed by atoms with Crippen molar-refractivity contribution < 1.29 is 9.13 Å². The normalized spacial score (nSPS) is 10.6. The summed E-state index contributed by atoms with van der Waals surface area (Å²) in [6.07, 6.45) is 0. The molecular weight excluding hydrogens is 273 g/mol. The summed E-state index contributed by atoms with van der Waals surface area (Å²) >= 11 is 0. The van der Waals surface area contributed by atoms with Gasteiger partial charge in [0.05, 0.1) is 12.8 Å². The highest BCUT2D eigenvalue weighted by atomic mass is 19.1. The highest BCUT2D eigenvalue weighted by molar-refractivity contribution is 5.72. The van der Waals surface area contributed by atoms with Crippen molar-refractivity contribution in [1.29, 1.82) is 0 Å². The summed E-state index contributed by atoms with van der Waals surface area (Å²) in [5.74, 6) is 0.770. The summed E-state index contributed by atoms with van der Waals surface area (Å²) in [7, 11) is 1.59. The molecule has 21 heavy (non-hydrogen) atoms. The minimum absolute atomic E-state index is 0.277. The summed E-state index contributed by atoms with van der Waals surface area (Å²) in [6, 6.07) is 11.3. The van der Waals surface area contributed by atoms with E-state index in [0.717, 1.165) is 11.4 Å². The van der Waals surface area contributed by atoms with Gasteiger partial charge in [-0.1, -0.05) is 0 Å². The van der Waals surface area contributed by atoms with Crippen molar-refractivity contribution in [2.45, 2.75) is 0 Å². The van der Waals surface area contributed by atoms with Crippen LogP contribution < -0.4 is 10.5 Å². The van der Waals surface area contributed by atoms with Crippen LogP contribution in [0.2, 0.25) is 0 Å². The Bertz CT molecular complexity index is 769. The smallest absolute Gasteiger partial charge is 0.189 e. The molecule has 0 spiro atoms. The van der Waals surface area contributed by atoms with E-state index in [0.29, 0.717) is 11.4 Å². The molecule has 0 aliphatic carbocycles. The first-order valence-corrected chi connectivity index (χ1v) is 6.17. The van der Waals surface area contributed by atoms with Gasteiger partial charge < -0.3 is 10.5 Å². The van der Waals surface area contributed by atoms with Gasteiger partial charge in [0.25, 0.3) is 0 Å². The van der Waals surface area contributed by atoms with Gasteiger partial charge in [-0.15, -0.1) is 5.10 Å². The van der Waals surface area contributed by atoms with Crippen LogP contribution in [0.5, 0.6) is 5.75 Å². The second-order valence-electron chi connectivity index (χ2n) is 4.34. The zero-order chi connectivity index (χ0) is 14.8. The average molecular weight is 285 g/mol. The molecule has 1 heterocycles. The predicted octanol–water partition coefficient (Wildman–Crippen LogP) is 2.06. The Morgan fingerprint density at radius 2 is 1.90 bits per heavy atom. The Kier molecular flexibility index (Phi) is 3.23. The van der Waals surface area contributed by atoms with Crippen LogP contribution in [0.1, 0.15) is 0 Å². The van der Waals surface area contributed by atoms with Gasteiger partial charge >= 0.3 is 0 Å². The molecular formula is C14H12FN5O. The topological polar surface area (TPSA) is 78.8 Å². The third-order valence-corrected chi connectivity index (χ3v) is 3.04. The van der Waals surface area contributed by atoms with Crippen molar-refractivity contribution >= 4 is 5.69 Å². The fourth-order valence-electron chi connectivity index (χ4n) is 1.99. The van der Waals surface area contributed by atoms with E-state index in [1.165, 1.54) is 16.8 Å². The molecule has 0 fully saturated rings. The van der Waals surface area contributed by atoms with E-state index in [-0.39, 0.29) is 5.69 Å².